The van der Waals surface area contributed by atoms with Crippen LogP contribution >= 0.6 is 15.9 Å². The first-order valence-corrected chi connectivity index (χ1v) is 6.03. The van der Waals surface area contributed by atoms with Gasteiger partial charge in [-0.25, -0.2) is 0 Å². The molecule has 84 valence electrons. The van der Waals surface area contributed by atoms with E-state index >= 15 is 0 Å². The molecule has 1 rings (SSSR count). The number of nitrogens with two attached hydrogens (primary N) is 1. The molecule has 0 aliphatic carbocycles. The molecule has 0 aromatic heterocycles. The first-order chi connectivity index (χ1) is 7.10. The predicted octanol–water partition coefficient (Wildman–Crippen LogP) is 2.78. The minimum atomic E-state index is -0.461. The molecule has 0 aliphatic rings. The molecule has 1 aromatic rings. The zero-order chi connectivity index (χ0) is 11.4. The maximum absolute atomic E-state index is 10.2. The fourth-order valence-electron chi connectivity index (χ4n) is 1.70. The van der Waals surface area contributed by atoms with Gasteiger partial charge in [-0.2, -0.15) is 0 Å². The Morgan fingerprint density at radius 2 is 2.13 bits per heavy atom. The molecule has 0 amide bonds. The van der Waals surface area contributed by atoms with Crippen molar-refractivity contribution in [2.75, 3.05) is 6.54 Å². The Hall–Kier alpha value is -0.380. The largest absolute Gasteiger partial charge is 0.388 e. The summed E-state index contributed by atoms with van der Waals surface area (Å²) in [5, 5.41) is 10.2. The second kappa shape index (κ2) is 5.64. The minimum Gasteiger partial charge on any atom is -0.388 e. The van der Waals surface area contributed by atoms with Gasteiger partial charge in [0.25, 0.3) is 0 Å². The van der Waals surface area contributed by atoms with E-state index in [0.717, 1.165) is 22.0 Å². The monoisotopic (exact) mass is 271 g/mol. The van der Waals surface area contributed by atoms with Gasteiger partial charge in [-0.1, -0.05) is 28.9 Å². The van der Waals surface area contributed by atoms with E-state index in [1.807, 2.05) is 32.0 Å². The summed E-state index contributed by atoms with van der Waals surface area (Å²) in [5.41, 5.74) is 7.72. The van der Waals surface area contributed by atoms with E-state index in [9.17, 15) is 5.11 Å². The maximum Gasteiger partial charge on any atom is 0.0833 e. The molecule has 2 atom stereocenters. The lowest BCUT2D eigenvalue weighted by atomic mass is 9.91. The zero-order valence-corrected chi connectivity index (χ0v) is 10.8. The van der Waals surface area contributed by atoms with Gasteiger partial charge in [0.1, 0.15) is 0 Å². The van der Waals surface area contributed by atoms with Crippen LogP contribution in [0.4, 0.5) is 0 Å². The third-order valence-electron chi connectivity index (χ3n) is 2.83. The first kappa shape index (κ1) is 12.7. The molecule has 0 heterocycles. The first-order valence-electron chi connectivity index (χ1n) is 5.24. The molecule has 0 fully saturated rings. The van der Waals surface area contributed by atoms with E-state index in [0.29, 0.717) is 6.54 Å². The standard InChI is InChI=1S/C12H18BrNO/c1-3-9(7-14)12(15)11-6-10(13)5-4-8(11)2/h4-6,9,12,15H,3,7,14H2,1-2H3. The molecule has 3 heteroatoms. The number of benzene rings is 1. The highest BCUT2D eigenvalue weighted by Crippen LogP contribution is 2.28. The molecule has 0 saturated heterocycles. The van der Waals surface area contributed by atoms with E-state index in [1.165, 1.54) is 0 Å². The summed E-state index contributed by atoms with van der Waals surface area (Å²) in [6.45, 7) is 4.58. The Bertz CT molecular complexity index is 323. The third kappa shape index (κ3) is 3.03. The van der Waals surface area contributed by atoms with Crippen LogP contribution in [-0.4, -0.2) is 11.7 Å². The zero-order valence-electron chi connectivity index (χ0n) is 9.20. The van der Waals surface area contributed by atoms with Crippen LogP contribution in [0.15, 0.2) is 22.7 Å². The predicted molar refractivity (Wildman–Crippen MR) is 66.7 cm³/mol. The van der Waals surface area contributed by atoms with Crippen molar-refractivity contribution >= 4 is 15.9 Å². The van der Waals surface area contributed by atoms with Crippen molar-refractivity contribution in [1.29, 1.82) is 0 Å². The SMILES string of the molecule is CCC(CN)C(O)c1cc(Br)ccc1C. The fourth-order valence-corrected chi connectivity index (χ4v) is 2.08. The Kier molecular flexibility index (Phi) is 4.77. The van der Waals surface area contributed by atoms with Gasteiger partial charge in [-0.05, 0) is 43.1 Å². The van der Waals surface area contributed by atoms with Crippen molar-refractivity contribution < 1.29 is 5.11 Å². The van der Waals surface area contributed by atoms with Crippen molar-refractivity contribution in [2.45, 2.75) is 26.4 Å². The average molecular weight is 272 g/mol. The van der Waals surface area contributed by atoms with Crippen molar-refractivity contribution in [3.8, 4) is 0 Å². The highest BCUT2D eigenvalue weighted by Gasteiger charge is 2.19. The van der Waals surface area contributed by atoms with Crippen LogP contribution in [0.25, 0.3) is 0 Å². The molecule has 3 N–H and O–H groups in total. The summed E-state index contributed by atoms with van der Waals surface area (Å²) >= 11 is 3.42. The summed E-state index contributed by atoms with van der Waals surface area (Å²) in [5.74, 6) is 0.137. The Labute approximate surface area is 99.6 Å². The minimum absolute atomic E-state index is 0.137. The van der Waals surface area contributed by atoms with E-state index in [1.54, 1.807) is 0 Å². The number of aliphatic hydroxyl groups is 1. The quantitative estimate of drug-likeness (QED) is 0.885. The molecule has 0 bridgehead atoms. The van der Waals surface area contributed by atoms with Crippen LogP contribution in [0.1, 0.15) is 30.6 Å². The summed E-state index contributed by atoms with van der Waals surface area (Å²) < 4.78 is 0.994. The van der Waals surface area contributed by atoms with Crippen LogP contribution in [0.2, 0.25) is 0 Å². The molecule has 0 aliphatic heterocycles. The Morgan fingerprint density at radius 3 is 2.67 bits per heavy atom. The van der Waals surface area contributed by atoms with Gasteiger partial charge >= 0.3 is 0 Å². The number of hydrogen-bond acceptors (Lipinski definition) is 2. The van der Waals surface area contributed by atoms with Crippen molar-refractivity contribution in [1.82, 2.24) is 0 Å². The van der Waals surface area contributed by atoms with Crippen molar-refractivity contribution in [3.05, 3.63) is 33.8 Å². The normalized spacial score (nSPS) is 15.0. The van der Waals surface area contributed by atoms with Gasteiger partial charge in [-0.15, -0.1) is 0 Å². The molecular formula is C12H18BrNO. The highest BCUT2D eigenvalue weighted by atomic mass is 79.9. The van der Waals surface area contributed by atoms with Gasteiger partial charge in [-0.3, -0.25) is 0 Å². The second-order valence-electron chi connectivity index (χ2n) is 3.85. The number of rotatable bonds is 4. The van der Waals surface area contributed by atoms with Crippen LogP contribution in [0, 0.1) is 12.8 Å². The summed E-state index contributed by atoms with van der Waals surface area (Å²) in [6, 6.07) is 5.96. The van der Waals surface area contributed by atoms with Crippen molar-refractivity contribution in [2.24, 2.45) is 11.7 Å². The van der Waals surface area contributed by atoms with Crippen LogP contribution in [0.5, 0.6) is 0 Å². The number of hydrogen-bond donors (Lipinski definition) is 2. The van der Waals surface area contributed by atoms with E-state index < -0.39 is 6.10 Å². The second-order valence-corrected chi connectivity index (χ2v) is 4.77. The van der Waals surface area contributed by atoms with Crippen LogP contribution in [-0.2, 0) is 0 Å². The summed E-state index contributed by atoms with van der Waals surface area (Å²) in [7, 11) is 0. The van der Waals surface area contributed by atoms with Crippen LogP contribution < -0.4 is 5.73 Å². The lowest BCUT2D eigenvalue weighted by Gasteiger charge is -2.22. The Morgan fingerprint density at radius 1 is 1.47 bits per heavy atom. The lowest BCUT2D eigenvalue weighted by molar-refractivity contribution is 0.109. The summed E-state index contributed by atoms with van der Waals surface area (Å²) in [4.78, 5) is 0. The van der Waals surface area contributed by atoms with Gasteiger partial charge in [0.05, 0.1) is 6.10 Å². The lowest BCUT2D eigenvalue weighted by Crippen LogP contribution is -2.21. The molecule has 0 radical (unpaired) electrons. The Balaban J connectivity index is 2.98. The van der Waals surface area contributed by atoms with Gasteiger partial charge in [0, 0.05) is 10.4 Å². The number of aryl methyl sites for hydroxylation is 1. The molecule has 15 heavy (non-hydrogen) atoms. The number of halogens is 1. The molecule has 2 unspecified atom stereocenters. The molecule has 0 spiro atoms. The fraction of sp³-hybridized carbons (Fsp3) is 0.500. The van der Waals surface area contributed by atoms with Gasteiger partial charge < -0.3 is 10.8 Å². The highest BCUT2D eigenvalue weighted by molar-refractivity contribution is 9.10. The molecule has 1 aromatic carbocycles. The van der Waals surface area contributed by atoms with Gasteiger partial charge in [0.2, 0.25) is 0 Å². The summed E-state index contributed by atoms with van der Waals surface area (Å²) in [6.07, 6.45) is 0.432. The smallest absolute Gasteiger partial charge is 0.0833 e. The molecule has 2 nitrogen and oxygen atoms in total. The van der Waals surface area contributed by atoms with Crippen molar-refractivity contribution in [3.63, 3.8) is 0 Å². The van der Waals surface area contributed by atoms with E-state index in [2.05, 4.69) is 15.9 Å². The molecule has 0 saturated carbocycles. The maximum atomic E-state index is 10.2. The topological polar surface area (TPSA) is 46.2 Å². The third-order valence-corrected chi connectivity index (χ3v) is 3.33. The molecular weight excluding hydrogens is 254 g/mol. The van der Waals surface area contributed by atoms with E-state index in [4.69, 9.17) is 5.73 Å². The van der Waals surface area contributed by atoms with E-state index in [-0.39, 0.29) is 5.92 Å². The van der Waals surface area contributed by atoms with Crippen LogP contribution in [0.3, 0.4) is 0 Å². The van der Waals surface area contributed by atoms with Gasteiger partial charge in [0.15, 0.2) is 0 Å². The number of aliphatic hydroxyl groups excluding tert-OH is 1. The average Bonchev–Trinajstić information content (AvgIpc) is 2.23.